The summed E-state index contributed by atoms with van der Waals surface area (Å²) in [5.41, 5.74) is 6.98. The van der Waals surface area contributed by atoms with Crippen molar-refractivity contribution in [1.29, 1.82) is 0 Å². The van der Waals surface area contributed by atoms with Crippen LogP contribution in [0.1, 0.15) is 19.4 Å². The molecule has 0 aromatic heterocycles. The van der Waals surface area contributed by atoms with E-state index in [1.165, 1.54) is 6.92 Å². The van der Waals surface area contributed by atoms with Gasteiger partial charge >= 0.3 is 0 Å². The number of hydrogen-bond donors (Lipinski definition) is 2. The Kier molecular flexibility index (Phi) is 3.71. The monoisotopic (exact) mass is 228 g/mol. The molecule has 1 unspecified atom stereocenters. The number of aryl methyl sites for hydroxylation is 1. The molecule has 0 heterocycles. The molecule has 1 aromatic carbocycles. The molecule has 0 amide bonds. The molecule has 0 radical (unpaired) electrons. The highest BCUT2D eigenvalue weighted by molar-refractivity contribution is 7.93. The van der Waals surface area contributed by atoms with Crippen LogP contribution in [0.15, 0.2) is 24.3 Å². The third kappa shape index (κ3) is 3.21. The van der Waals surface area contributed by atoms with Gasteiger partial charge in [0.25, 0.3) is 0 Å². The number of nitrogens with two attached hydrogens (primary N) is 1. The summed E-state index contributed by atoms with van der Waals surface area (Å²) in [6, 6.07) is 7.28. The molecule has 4 nitrogen and oxygen atoms in total. The largest absolute Gasteiger partial charge is 0.314 e. The van der Waals surface area contributed by atoms with E-state index in [1.54, 1.807) is 12.1 Å². The molecule has 0 saturated heterocycles. The number of benzene rings is 1. The molecule has 0 aliphatic carbocycles. The summed E-state index contributed by atoms with van der Waals surface area (Å²) in [4.78, 5) is 0. The standard InChI is InChI=1S/C10H16N2O2S/c1-3-9-5-4-6-10(7-9)12-15(13,14)8(2)11/h4-8,12H,3,11H2,1-2H3. The van der Waals surface area contributed by atoms with Crippen molar-refractivity contribution in [2.75, 3.05) is 4.72 Å². The van der Waals surface area contributed by atoms with Crippen molar-refractivity contribution in [2.24, 2.45) is 5.73 Å². The van der Waals surface area contributed by atoms with E-state index in [1.807, 2.05) is 19.1 Å². The lowest BCUT2D eigenvalue weighted by Crippen LogP contribution is -2.32. The number of sulfonamides is 1. The van der Waals surface area contributed by atoms with Gasteiger partial charge in [-0.3, -0.25) is 4.72 Å². The van der Waals surface area contributed by atoms with Crippen molar-refractivity contribution < 1.29 is 8.42 Å². The Bertz CT molecular complexity index is 427. The summed E-state index contributed by atoms with van der Waals surface area (Å²) in [6.07, 6.45) is 0.869. The third-order valence-electron chi connectivity index (χ3n) is 2.08. The fourth-order valence-corrected chi connectivity index (χ4v) is 1.75. The zero-order chi connectivity index (χ0) is 11.5. The van der Waals surface area contributed by atoms with Gasteiger partial charge in [-0.05, 0) is 31.0 Å². The van der Waals surface area contributed by atoms with Crippen molar-refractivity contribution in [3.63, 3.8) is 0 Å². The van der Waals surface area contributed by atoms with Gasteiger partial charge in [-0.15, -0.1) is 0 Å². The first-order valence-electron chi connectivity index (χ1n) is 4.82. The summed E-state index contributed by atoms with van der Waals surface area (Å²) in [5, 5.41) is -0.914. The van der Waals surface area contributed by atoms with E-state index in [0.29, 0.717) is 5.69 Å². The van der Waals surface area contributed by atoms with Crippen molar-refractivity contribution in [3.8, 4) is 0 Å². The van der Waals surface area contributed by atoms with Gasteiger partial charge in [-0.1, -0.05) is 19.1 Å². The van der Waals surface area contributed by atoms with E-state index in [0.717, 1.165) is 12.0 Å². The quantitative estimate of drug-likeness (QED) is 0.815. The van der Waals surface area contributed by atoms with Crippen molar-refractivity contribution >= 4 is 15.7 Å². The molecule has 1 rings (SSSR count). The molecular formula is C10H16N2O2S. The highest BCUT2D eigenvalue weighted by atomic mass is 32.2. The lowest BCUT2D eigenvalue weighted by molar-refractivity contribution is 0.590. The van der Waals surface area contributed by atoms with Crippen LogP contribution in [0.25, 0.3) is 0 Å². The molecule has 0 aliphatic heterocycles. The number of rotatable bonds is 4. The summed E-state index contributed by atoms with van der Waals surface area (Å²) in [6.45, 7) is 3.45. The van der Waals surface area contributed by atoms with E-state index in [9.17, 15) is 8.42 Å². The minimum atomic E-state index is -3.45. The molecule has 0 aliphatic rings. The molecule has 5 heteroatoms. The summed E-state index contributed by atoms with van der Waals surface area (Å²) in [5.74, 6) is 0. The van der Waals surface area contributed by atoms with E-state index in [4.69, 9.17) is 5.73 Å². The van der Waals surface area contributed by atoms with Crippen LogP contribution in [0.2, 0.25) is 0 Å². The van der Waals surface area contributed by atoms with E-state index in [-0.39, 0.29) is 0 Å². The maximum absolute atomic E-state index is 11.5. The van der Waals surface area contributed by atoms with Crippen LogP contribution in [-0.4, -0.2) is 13.8 Å². The van der Waals surface area contributed by atoms with Gasteiger partial charge in [-0.25, -0.2) is 8.42 Å². The Balaban J connectivity index is 2.90. The van der Waals surface area contributed by atoms with E-state index in [2.05, 4.69) is 4.72 Å². The van der Waals surface area contributed by atoms with Crippen LogP contribution in [-0.2, 0) is 16.4 Å². The van der Waals surface area contributed by atoms with Gasteiger partial charge in [0, 0.05) is 5.69 Å². The van der Waals surface area contributed by atoms with Gasteiger partial charge in [0.05, 0.1) is 0 Å². The van der Waals surface area contributed by atoms with Crippen LogP contribution in [0, 0.1) is 0 Å². The molecule has 0 fully saturated rings. The average molecular weight is 228 g/mol. The molecule has 1 aromatic rings. The Morgan fingerprint density at radius 2 is 2.13 bits per heavy atom. The summed E-state index contributed by atoms with van der Waals surface area (Å²) >= 11 is 0. The maximum atomic E-state index is 11.5. The molecule has 15 heavy (non-hydrogen) atoms. The lowest BCUT2D eigenvalue weighted by atomic mass is 10.1. The van der Waals surface area contributed by atoms with Crippen LogP contribution >= 0.6 is 0 Å². The highest BCUT2D eigenvalue weighted by Gasteiger charge is 2.15. The van der Waals surface area contributed by atoms with Crippen LogP contribution < -0.4 is 10.5 Å². The fraction of sp³-hybridized carbons (Fsp3) is 0.400. The topological polar surface area (TPSA) is 72.2 Å². The van der Waals surface area contributed by atoms with Crippen molar-refractivity contribution in [3.05, 3.63) is 29.8 Å². The first kappa shape index (κ1) is 12.0. The van der Waals surface area contributed by atoms with Crippen molar-refractivity contribution in [1.82, 2.24) is 0 Å². The fourth-order valence-electron chi connectivity index (χ4n) is 1.11. The SMILES string of the molecule is CCc1cccc(NS(=O)(=O)C(C)N)c1. The van der Waals surface area contributed by atoms with Gasteiger partial charge in [0.1, 0.15) is 5.37 Å². The number of hydrogen-bond acceptors (Lipinski definition) is 3. The zero-order valence-electron chi connectivity index (χ0n) is 8.90. The maximum Gasteiger partial charge on any atom is 0.248 e. The number of nitrogens with one attached hydrogen (secondary N) is 1. The van der Waals surface area contributed by atoms with Gasteiger partial charge in [0.2, 0.25) is 10.0 Å². The Morgan fingerprint density at radius 3 is 2.67 bits per heavy atom. The molecule has 0 spiro atoms. The second-order valence-electron chi connectivity index (χ2n) is 3.41. The smallest absolute Gasteiger partial charge is 0.248 e. The molecule has 84 valence electrons. The first-order chi connectivity index (χ1) is 6.95. The van der Waals surface area contributed by atoms with Crippen molar-refractivity contribution in [2.45, 2.75) is 25.6 Å². The minimum Gasteiger partial charge on any atom is -0.314 e. The third-order valence-corrected chi connectivity index (χ3v) is 3.58. The summed E-state index contributed by atoms with van der Waals surface area (Å²) < 4.78 is 25.4. The zero-order valence-corrected chi connectivity index (χ0v) is 9.71. The van der Waals surface area contributed by atoms with Crippen LogP contribution in [0.3, 0.4) is 0 Å². The van der Waals surface area contributed by atoms with Gasteiger partial charge < -0.3 is 5.73 Å². The molecule has 0 bridgehead atoms. The van der Waals surface area contributed by atoms with Gasteiger partial charge in [-0.2, -0.15) is 0 Å². The van der Waals surface area contributed by atoms with Crippen LogP contribution in [0.4, 0.5) is 5.69 Å². The molecule has 3 N–H and O–H groups in total. The van der Waals surface area contributed by atoms with E-state index < -0.39 is 15.4 Å². The predicted octanol–water partition coefficient (Wildman–Crippen LogP) is 1.30. The second kappa shape index (κ2) is 4.63. The second-order valence-corrected chi connectivity index (χ2v) is 5.44. The van der Waals surface area contributed by atoms with Gasteiger partial charge in [0.15, 0.2) is 0 Å². The Labute approximate surface area is 90.5 Å². The highest BCUT2D eigenvalue weighted by Crippen LogP contribution is 2.13. The Hall–Kier alpha value is -1.07. The predicted molar refractivity (Wildman–Crippen MR) is 62.0 cm³/mol. The molecule has 1 atom stereocenters. The molecular weight excluding hydrogens is 212 g/mol. The molecule has 0 saturated carbocycles. The summed E-state index contributed by atoms with van der Waals surface area (Å²) in [7, 11) is -3.45. The normalized spacial score (nSPS) is 13.5. The minimum absolute atomic E-state index is 0.562. The number of anilines is 1. The lowest BCUT2D eigenvalue weighted by Gasteiger charge is -2.11. The average Bonchev–Trinajstić information content (AvgIpc) is 2.17. The Morgan fingerprint density at radius 1 is 1.47 bits per heavy atom. The van der Waals surface area contributed by atoms with Crippen LogP contribution in [0.5, 0.6) is 0 Å². The first-order valence-corrected chi connectivity index (χ1v) is 6.36. The van der Waals surface area contributed by atoms with E-state index >= 15 is 0 Å².